The van der Waals surface area contributed by atoms with Crippen molar-refractivity contribution in [3.63, 3.8) is 0 Å². The summed E-state index contributed by atoms with van der Waals surface area (Å²) in [5, 5.41) is 0. The van der Waals surface area contributed by atoms with Gasteiger partial charge in [-0.15, -0.1) is 0 Å². The molecule has 0 aromatic heterocycles. The van der Waals surface area contributed by atoms with Gasteiger partial charge in [-0.3, -0.25) is 0 Å². The first-order chi connectivity index (χ1) is 6.27. The van der Waals surface area contributed by atoms with Gasteiger partial charge in [-0.2, -0.15) is 0 Å². The van der Waals surface area contributed by atoms with Crippen molar-refractivity contribution in [3.05, 3.63) is 0 Å². The minimum Gasteiger partial charge on any atom is -0.375 e. The topological polar surface area (TPSA) is 9.23 Å². The van der Waals surface area contributed by atoms with Crippen LogP contribution in [0.25, 0.3) is 0 Å². The fourth-order valence-electron chi connectivity index (χ4n) is 3.05. The van der Waals surface area contributed by atoms with E-state index in [1.807, 2.05) is 0 Å². The van der Waals surface area contributed by atoms with Crippen molar-refractivity contribution in [1.29, 1.82) is 0 Å². The van der Waals surface area contributed by atoms with E-state index >= 15 is 0 Å². The van der Waals surface area contributed by atoms with Crippen LogP contribution >= 0.6 is 0 Å². The molecule has 0 radical (unpaired) electrons. The lowest BCUT2D eigenvalue weighted by Gasteiger charge is -2.33. The van der Waals surface area contributed by atoms with Gasteiger partial charge in [0.25, 0.3) is 0 Å². The predicted octanol–water partition coefficient (Wildman–Crippen LogP) is 3.38. The smallest absolute Gasteiger partial charge is 0.0610 e. The summed E-state index contributed by atoms with van der Waals surface area (Å²) in [5.74, 6) is 1.78. The van der Waals surface area contributed by atoms with Gasteiger partial charge >= 0.3 is 0 Å². The van der Waals surface area contributed by atoms with Gasteiger partial charge in [-0.25, -0.2) is 0 Å². The zero-order valence-corrected chi connectivity index (χ0v) is 8.96. The van der Waals surface area contributed by atoms with Gasteiger partial charge in [0.05, 0.1) is 12.2 Å². The average molecular weight is 182 g/mol. The molecular weight excluding hydrogens is 160 g/mol. The lowest BCUT2D eigenvalue weighted by molar-refractivity contribution is -0.00862. The maximum Gasteiger partial charge on any atom is 0.0610 e. The third-order valence-electron chi connectivity index (χ3n) is 3.92. The van der Waals surface area contributed by atoms with E-state index in [1.165, 1.54) is 38.5 Å². The number of rotatable bonds is 1. The fourth-order valence-corrected chi connectivity index (χ4v) is 3.05. The first-order valence-corrected chi connectivity index (χ1v) is 5.93. The van der Waals surface area contributed by atoms with Crippen LogP contribution in [0.1, 0.15) is 52.4 Å². The highest BCUT2D eigenvalue weighted by atomic mass is 16.5. The molecule has 4 atom stereocenters. The highest BCUT2D eigenvalue weighted by molar-refractivity contribution is 4.83. The van der Waals surface area contributed by atoms with Gasteiger partial charge < -0.3 is 4.74 Å². The Bertz CT molecular complexity index is 167. The van der Waals surface area contributed by atoms with E-state index in [2.05, 4.69) is 13.8 Å². The Morgan fingerprint density at radius 3 is 2.31 bits per heavy atom. The van der Waals surface area contributed by atoms with Crippen molar-refractivity contribution in [1.82, 2.24) is 0 Å². The molecule has 4 unspecified atom stereocenters. The van der Waals surface area contributed by atoms with Crippen molar-refractivity contribution < 1.29 is 4.74 Å². The van der Waals surface area contributed by atoms with Crippen molar-refractivity contribution in [3.8, 4) is 0 Å². The van der Waals surface area contributed by atoms with Gasteiger partial charge in [0.2, 0.25) is 0 Å². The van der Waals surface area contributed by atoms with Crippen LogP contribution in [0.15, 0.2) is 0 Å². The second kappa shape index (κ2) is 4.00. The van der Waals surface area contributed by atoms with Gasteiger partial charge in [0, 0.05) is 0 Å². The minimum atomic E-state index is 0.527. The van der Waals surface area contributed by atoms with E-state index in [4.69, 9.17) is 4.74 Å². The van der Waals surface area contributed by atoms with E-state index in [9.17, 15) is 0 Å². The molecule has 2 aliphatic rings. The summed E-state index contributed by atoms with van der Waals surface area (Å²) in [4.78, 5) is 0. The first kappa shape index (κ1) is 9.51. The molecule has 1 heteroatoms. The molecule has 1 saturated carbocycles. The standard InChI is InChI=1S/C12H22O/c1-9-5-3-4-6-11(9)12-8-7-10(2)13-12/h9-12H,3-8H2,1-2H3. The summed E-state index contributed by atoms with van der Waals surface area (Å²) in [6.45, 7) is 4.63. The fraction of sp³-hybridized carbons (Fsp3) is 1.00. The summed E-state index contributed by atoms with van der Waals surface area (Å²) >= 11 is 0. The molecule has 0 aromatic rings. The van der Waals surface area contributed by atoms with Gasteiger partial charge in [0.15, 0.2) is 0 Å². The van der Waals surface area contributed by atoms with Crippen LogP contribution in [0.2, 0.25) is 0 Å². The number of ether oxygens (including phenoxy) is 1. The summed E-state index contributed by atoms with van der Waals surface area (Å²) in [5.41, 5.74) is 0. The molecule has 0 N–H and O–H groups in total. The Labute approximate surface area is 81.9 Å². The third kappa shape index (κ3) is 2.07. The minimum absolute atomic E-state index is 0.527. The van der Waals surface area contributed by atoms with Crippen LogP contribution in [-0.4, -0.2) is 12.2 Å². The number of hydrogen-bond donors (Lipinski definition) is 0. The number of hydrogen-bond acceptors (Lipinski definition) is 1. The second-order valence-corrected chi connectivity index (χ2v) is 4.99. The maximum atomic E-state index is 5.97. The van der Waals surface area contributed by atoms with Crippen molar-refractivity contribution in [2.45, 2.75) is 64.6 Å². The molecule has 0 aromatic carbocycles. The van der Waals surface area contributed by atoms with Gasteiger partial charge in [-0.05, 0) is 38.0 Å². The molecule has 2 fully saturated rings. The van der Waals surface area contributed by atoms with Crippen molar-refractivity contribution in [2.75, 3.05) is 0 Å². The molecule has 2 rings (SSSR count). The van der Waals surface area contributed by atoms with E-state index in [0.29, 0.717) is 12.2 Å². The molecule has 0 bridgehead atoms. The molecule has 1 aliphatic carbocycles. The van der Waals surface area contributed by atoms with E-state index in [0.717, 1.165) is 11.8 Å². The monoisotopic (exact) mass is 182 g/mol. The highest BCUT2D eigenvalue weighted by Gasteiger charge is 2.33. The van der Waals surface area contributed by atoms with Crippen LogP contribution in [-0.2, 0) is 4.74 Å². The van der Waals surface area contributed by atoms with Gasteiger partial charge in [0.1, 0.15) is 0 Å². The Morgan fingerprint density at radius 1 is 0.923 bits per heavy atom. The Morgan fingerprint density at radius 2 is 1.69 bits per heavy atom. The van der Waals surface area contributed by atoms with Crippen LogP contribution in [0, 0.1) is 11.8 Å². The lowest BCUT2D eigenvalue weighted by atomic mass is 9.77. The van der Waals surface area contributed by atoms with Gasteiger partial charge in [-0.1, -0.05) is 26.2 Å². The van der Waals surface area contributed by atoms with Crippen LogP contribution in [0.5, 0.6) is 0 Å². The first-order valence-electron chi connectivity index (χ1n) is 5.93. The normalized spacial score (nSPS) is 46.6. The molecule has 0 spiro atoms. The van der Waals surface area contributed by atoms with Crippen LogP contribution in [0.3, 0.4) is 0 Å². The molecular formula is C12H22O. The summed E-state index contributed by atoms with van der Waals surface area (Å²) in [6, 6.07) is 0. The van der Waals surface area contributed by atoms with Crippen molar-refractivity contribution >= 4 is 0 Å². The van der Waals surface area contributed by atoms with E-state index in [-0.39, 0.29) is 0 Å². The Balaban J connectivity index is 1.91. The zero-order valence-electron chi connectivity index (χ0n) is 8.96. The predicted molar refractivity (Wildman–Crippen MR) is 54.7 cm³/mol. The Kier molecular flexibility index (Phi) is 2.92. The molecule has 13 heavy (non-hydrogen) atoms. The van der Waals surface area contributed by atoms with Crippen LogP contribution < -0.4 is 0 Å². The molecule has 0 amide bonds. The Hall–Kier alpha value is -0.0400. The summed E-state index contributed by atoms with van der Waals surface area (Å²) in [6.07, 6.45) is 9.45. The summed E-state index contributed by atoms with van der Waals surface area (Å²) < 4.78 is 5.97. The molecule has 1 aliphatic heterocycles. The average Bonchev–Trinajstić information content (AvgIpc) is 2.53. The molecule has 76 valence electrons. The highest BCUT2D eigenvalue weighted by Crippen LogP contribution is 2.37. The zero-order chi connectivity index (χ0) is 9.26. The van der Waals surface area contributed by atoms with E-state index < -0.39 is 0 Å². The SMILES string of the molecule is CC1CCC(C2CCCCC2C)O1. The maximum absolute atomic E-state index is 5.97. The van der Waals surface area contributed by atoms with E-state index in [1.54, 1.807) is 0 Å². The van der Waals surface area contributed by atoms with Crippen molar-refractivity contribution in [2.24, 2.45) is 11.8 Å². The third-order valence-corrected chi connectivity index (χ3v) is 3.92. The lowest BCUT2D eigenvalue weighted by Crippen LogP contribution is -2.29. The molecule has 1 nitrogen and oxygen atoms in total. The summed E-state index contributed by atoms with van der Waals surface area (Å²) in [7, 11) is 0. The molecule has 1 saturated heterocycles. The molecule has 1 heterocycles. The second-order valence-electron chi connectivity index (χ2n) is 4.99. The van der Waals surface area contributed by atoms with Crippen LogP contribution in [0.4, 0.5) is 0 Å². The largest absolute Gasteiger partial charge is 0.375 e. The quantitative estimate of drug-likeness (QED) is 0.604.